The number of fused-ring (bicyclic) bond motifs is 1. The smallest absolute Gasteiger partial charge is 0.262 e. The zero-order valence-corrected chi connectivity index (χ0v) is 8.81. The molecule has 0 spiro atoms. The first kappa shape index (κ1) is 10.9. The Morgan fingerprint density at radius 3 is 3.00 bits per heavy atom. The third kappa shape index (κ3) is 1.86. The van der Waals surface area contributed by atoms with Gasteiger partial charge in [0.05, 0.1) is 5.88 Å². The molecule has 0 aromatic heterocycles. The fraction of sp³-hybridized carbons (Fsp3) is 0.200. The number of ketones is 1. The summed E-state index contributed by atoms with van der Waals surface area (Å²) in [6.45, 7) is -0.190. The van der Waals surface area contributed by atoms with Gasteiger partial charge in [0.25, 0.3) is 5.91 Å². The minimum Gasteiger partial charge on any atom is -0.481 e. The Hall–Kier alpha value is -1.62. The molecule has 16 heavy (non-hydrogen) atoms. The Balaban J connectivity index is 2.46. The number of halogens is 2. The molecule has 1 amide bonds. The second kappa shape index (κ2) is 4.09. The van der Waals surface area contributed by atoms with E-state index in [1.54, 1.807) is 0 Å². The van der Waals surface area contributed by atoms with Gasteiger partial charge in [-0.15, -0.1) is 11.6 Å². The van der Waals surface area contributed by atoms with Gasteiger partial charge < -0.3 is 10.1 Å². The number of alkyl halides is 1. The van der Waals surface area contributed by atoms with E-state index in [1.807, 2.05) is 0 Å². The number of amides is 1. The average molecular weight is 244 g/mol. The number of Topliss-reactive ketones (excluding diaryl/α,β-unsaturated/α-hetero) is 1. The summed E-state index contributed by atoms with van der Waals surface area (Å²) in [6, 6.07) is 2.39. The molecule has 1 aromatic carbocycles. The lowest BCUT2D eigenvalue weighted by molar-refractivity contribution is -0.118. The van der Waals surface area contributed by atoms with Crippen LogP contribution in [0.2, 0.25) is 0 Å². The topological polar surface area (TPSA) is 55.4 Å². The minimum absolute atomic E-state index is 0.0395. The van der Waals surface area contributed by atoms with Crippen molar-refractivity contribution in [2.24, 2.45) is 0 Å². The van der Waals surface area contributed by atoms with Crippen LogP contribution in [0.3, 0.4) is 0 Å². The van der Waals surface area contributed by atoms with Crippen LogP contribution in [0.4, 0.5) is 10.1 Å². The van der Waals surface area contributed by atoms with Crippen LogP contribution in [0, 0.1) is 5.82 Å². The van der Waals surface area contributed by atoms with Gasteiger partial charge in [-0.25, -0.2) is 4.39 Å². The summed E-state index contributed by atoms with van der Waals surface area (Å²) in [5.74, 6) is -1.62. The number of nitrogens with one attached hydrogen (secondary N) is 1. The third-order valence-corrected chi connectivity index (χ3v) is 2.36. The van der Waals surface area contributed by atoms with Crippen LogP contribution in [-0.4, -0.2) is 24.2 Å². The number of carbonyl (C=O) groups is 2. The van der Waals surface area contributed by atoms with Gasteiger partial charge in [-0.2, -0.15) is 0 Å². The molecule has 0 aliphatic carbocycles. The summed E-state index contributed by atoms with van der Waals surface area (Å²) < 4.78 is 18.5. The molecule has 1 N–H and O–H groups in total. The Labute approximate surface area is 95.3 Å². The van der Waals surface area contributed by atoms with E-state index in [1.165, 1.54) is 6.07 Å². The molecule has 2 rings (SSSR count). The molecule has 1 aromatic rings. The highest BCUT2D eigenvalue weighted by Crippen LogP contribution is 2.31. The molecule has 0 bridgehead atoms. The van der Waals surface area contributed by atoms with Crippen LogP contribution in [0.25, 0.3) is 0 Å². The second-order valence-corrected chi connectivity index (χ2v) is 3.49. The Kier molecular flexibility index (Phi) is 2.78. The van der Waals surface area contributed by atoms with E-state index in [-0.39, 0.29) is 29.5 Å². The van der Waals surface area contributed by atoms with Crippen LogP contribution >= 0.6 is 11.6 Å². The lowest BCUT2D eigenvalue weighted by Gasteiger charge is -2.18. The normalized spacial score (nSPS) is 13.8. The summed E-state index contributed by atoms with van der Waals surface area (Å²) in [5.41, 5.74) is 0.0878. The molecule has 6 heteroatoms. The minimum atomic E-state index is -0.709. The number of hydrogen-bond acceptors (Lipinski definition) is 3. The number of benzene rings is 1. The molecule has 4 nitrogen and oxygen atoms in total. The molecule has 0 fully saturated rings. The standard InChI is InChI=1S/C10H7ClFNO3/c11-3-7(14)5-1-6(12)10-8(2-5)16-4-9(15)13-10/h1-2H,3-4H2,(H,13,15). The average Bonchev–Trinajstić information content (AvgIpc) is 2.28. The maximum absolute atomic E-state index is 13.5. The van der Waals surface area contributed by atoms with Crippen molar-refractivity contribution in [3.05, 3.63) is 23.5 Å². The Morgan fingerprint density at radius 2 is 2.31 bits per heavy atom. The first-order valence-electron chi connectivity index (χ1n) is 4.47. The van der Waals surface area contributed by atoms with Gasteiger partial charge in [-0.3, -0.25) is 9.59 Å². The van der Waals surface area contributed by atoms with Crippen molar-refractivity contribution in [1.29, 1.82) is 0 Å². The third-order valence-electron chi connectivity index (χ3n) is 2.12. The summed E-state index contributed by atoms with van der Waals surface area (Å²) in [7, 11) is 0. The molecule has 0 saturated carbocycles. The van der Waals surface area contributed by atoms with Gasteiger partial charge in [0.1, 0.15) is 11.4 Å². The van der Waals surface area contributed by atoms with Crippen molar-refractivity contribution >= 4 is 29.0 Å². The number of carbonyl (C=O) groups excluding carboxylic acids is 2. The van der Waals surface area contributed by atoms with Gasteiger partial charge in [0.2, 0.25) is 0 Å². The van der Waals surface area contributed by atoms with Crippen molar-refractivity contribution in [3.63, 3.8) is 0 Å². The predicted octanol–water partition coefficient (Wildman–Crippen LogP) is 1.58. The summed E-state index contributed by atoms with van der Waals surface area (Å²) in [4.78, 5) is 22.2. The predicted molar refractivity (Wildman–Crippen MR) is 55.6 cm³/mol. The van der Waals surface area contributed by atoms with Crippen LogP contribution in [-0.2, 0) is 4.79 Å². The molecular weight excluding hydrogens is 237 g/mol. The van der Waals surface area contributed by atoms with Crippen LogP contribution in [0.15, 0.2) is 12.1 Å². The molecule has 1 aliphatic rings. The van der Waals surface area contributed by atoms with E-state index < -0.39 is 17.5 Å². The first-order valence-corrected chi connectivity index (χ1v) is 5.00. The second-order valence-electron chi connectivity index (χ2n) is 3.22. The zero-order chi connectivity index (χ0) is 11.7. The molecule has 84 valence electrons. The van der Waals surface area contributed by atoms with Crippen LogP contribution < -0.4 is 10.1 Å². The maximum Gasteiger partial charge on any atom is 0.262 e. The van der Waals surface area contributed by atoms with Gasteiger partial charge in [-0.1, -0.05) is 0 Å². The van der Waals surface area contributed by atoms with E-state index in [0.29, 0.717) is 0 Å². The van der Waals surface area contributed by atoms with Gasteiger partial charge in [-0.05, 0) is 12.1 Å². The number of anilines is 1. The molecule has 0 radical (unpaired) electrons. The highest BCUT2D eigenvalue weighted by atomic mass is 35.5. The lowest BCUT2D eigenvalue weighted by atomic mass is 10.1. The van der Waals surface area contributed by atoms with Crippen LogP contribution in [0.1, 0.15) is 10.4 Å². The molecule has 1 heterocycles. The Bertz CT molecular complexity index is 475. The quantitative estimate of drug-likeness (QED) is 0.634. The largest absolute Gasteiger partial charge is 0.481 e. The summed E-state index contributed by atoms with van der Waals surface area (Å²) in [6.07, 6.45) is 0. The van der Waals surface area contributed by atoms with E-state index >= 15 is 0 Å². The van der Waals surface area contributed by atoms with Gasteiger partial charge >= 0.3 is 0 Å². The fourth-order valence-electron chi connectivity index (χ4n) is 1.37. The van der Waals surface area contributed by atoms with Crippen molar-refractivity contribution in [1.82, 2.24) is 0 Å². The van der Waals surface area contributed by atoms with E-state index in [0.717, 1.165) is 6.07 Å². The molecular formula is C10H7ClFNO3. The van der Waals surface area contributed by atoms with E-state index in [9.17, 15) is 14.0 Å². The molecule has 0 unspecified atom stereocenters. The lowest BCUT2D eigenvalue weighted by Crippen LogP contribution is -2.26. The number of ether oxygens (including phenoxy) is 1. The number of rotatable bonds is 2. The molecule has 1 aliphatic heterocycles. The fourth-order valence-corrected chi connectivity index (χ4v) is 1.53. The highest BCUT2D eigenvalue weighted by Gasteiger charge is 2.21. The van der Waals surface area contributed by atoms with Crippen molar-refractivity contribution in [2.75, 3.05) is 17.8 Å². The van der Waals surface area contributed by atoms with E-state index in [4.69, 9.17) is 16.3 Å². The van der Waals surface area contributed by atoms with E-state index in [2.05, 4.69) is 5.32 Å². The highest BCUT2D eigenvalue weighted by molar-refractivity contribution is 6.30. The summed E-state index contributed by atoms with van der Waals surface area (Å²) >= 11 is 5.36. The number of hydrogen-bond donors (Lipinski definition) is 1. The summed E-state index contributed by atoms with van der Waals surface area (Å²) in [5, 5.41) is 2.33. The van der Waals surface area contributed by atoms with Gasteiger partial charge in [0.15, 0.2) is 18.2 Å². The van der Waals surface area contributed by atoms with Crippen molar-refractivity contribution < 1.29 is 18.7 Å². The Morgan fingerprint density at radius 1 is 1.56 bits per heavy atom. The van der Waals surface area contributed by atoms with Crippen molar-refractivity contribution in [2.45, 2.75) is 0 Å². The first-order chi connectivity index (χ1) is 7.61. The van der Waals surface area contributed by atoms with Gasteiger partial charge in [0, 0.05) is 5.56 Å². The maximum atomic E-state index is 13.5. The molecule has 0 atom stereocenters. The SMILES string of the molecule is O=C1COc2cc(C(=O)CCl)cc(F)c2N1. The zero-order valence-electron chi connectivity index (χ0n) is 8.05. The molecule has 0 saturated heterocycles. The monoisotopic (exact) mass is 243 g/mol. The van der Waals surface area contributed by atoms with Crippen LogP contribution in [0.5, 0.6) is 5.75 Å². The van der Waals surface area contributed by atoms with Crippen molar-refractivity contribution in [3.8, 4) is 5.75 Å².